The van der Waals surface area contributed by atoms with Crippen molar-refractivity contribution in [2.45, 2.75) is 70.7 Å². The molecule has 10 heteroatoms. The highest BCUT2D eigenvalue weighted by Crippen LogP contribution is 2.47. The van der Waals surface area contributed by atoms with E-state index in [-0.39, 0.29) is 23.4 Å². The molecule has 3 fully saturated rings. The number of nitrogens with zero attached hydrogens (tertiary/aromatic N) is 7. The minimum Gasteiger partial charge on any atom is -0.388 e. The molecule has 6 rings (SSSR count). The second-order valence-corrected chi connectivity index (χ2v) is 12.3. The highest BCUT2D eigenvalue weighted by atomic mass is 16.3. The van der Waals surface area contributed by atoms with Crippen molar-refractivity contribution in [1.82, 2.24) is 29.1 Å². The fourth-order valence-electron chi connectivity index (χ4n) is 6.05. The highest BCUT2D eigenvalue weighted by molar-refractivity contribution is 5.85. The molecule has 3 aromatic rings. The van der Waals surface area contributed by atoms with Gasteiger partial charge in [-0.2, -0.15) is 5.10 Å². The predicted octanol–water partition coefficient (Wildman–Crippen LogP) is 2.26. The molecule has 1 saturated carbocycles. The van der Waals surface area contributed by atoms with E-state index in [4.69, 9.17) is 0 Å². The number of fused-ring (bicyclic) bond motifs is 1. The van der Waals surface area contributed by atoms with E-state index in [1.807, 2.05) is 24.0 Å². The Kier molecular flexibility index (Phi) is 6.30. The molecule has 2 aliphatic heterocycles. The second kappa shape index (κ2) is 9.45. The lowest BCUT2D eigenvalue weighted by Crippen LogP contribution is -2.55. The molecule has 2 saturated heterocycles. The molecule has 1 amide bonds. The third-order valence-corrected chi connectivity index (χ3v) is 9.34. The van der Waals surface area contributed by atoms with Crippen molar-refractivity contribution in [2.24, 2.45) is 5.41 Å². The molecule has 1 aliphatic carbocycles. The number of likely N-dealkylation sites (N-methyl/N-ethyl adjacent to an activating group) is 1. The summed E-state index contributed by atoms with van der Waals surface area (Å²) in [6, 6.07) is 9.20. The number of aliphatic hydroxyl groups is 1. The van der Waals surface area contributed by atoms with E-state index in [9.17, 15) is 14.7 Å². The lowest BCUT2D eigenvalue weighted by Gasteiger charge is -2.43. The van der Waals surface area contributed by atoms with Gasteiger partial charge in [0.15, 0.2) is 5.65 Å². The zero-order valence-electron chi connectivity index (χ0n) is 23.4. The number of carbonyl (C=O) groups excluding carboxylic acids is 1. The topological polar surface area (TPSA) is 99.7 Å². The number of likely N-dealkylation sites (tertiary alicyclic amines) is 1. The van der Waals surface area contributed by atoms with Gasteiger partial charge in [-0.3, -0.25) is 19.1 Å². The molecule has 1 N–H and O–H groups in total. The van der Waals surface area contributed by atoms with E-state index in [0.717, 1.165) is 31.6 Å². The van der Waals surface area contributed by atoms with Crippen LogP contribution >= 0.6 is 0 Å². The van der Waals surface area contributed by atoms with Crippen molar-refractivity contribution in [2.75, 3.05) is 38.1 Å². The standard InChI is InChI=1S/C29H39N7O3/c1-20-16-34(17-21(2)32(20)4)22-5-7-23(8-6-22)36-25-24(15-31-36)26(37)35(19-30-25)18-29(39)11-13-33(14-12-29)27(38)28(3)9-10-28/h5-8,15,19-21,39H,9-14,16-18H2,1-4H3/t20-,21+. The maximum absolute atomic E-state index is 13.3. The number of amides is 1. The SMILES string of the molecule is C[C@@H]1CN(c2ccc(-n3ncc4c(=O)n(CC5(O)CCN(C(=O)C6(C)CC6)CC5)cnc43)cc2)C[C@H](C)N1C. The maximum Gasteiger partial charge on any atom is 0.264 e. The van der Waals surface area contributed by atoms with E-state index in [1.165, 1.54) is 16.6 Å². The first-order valence-corrected chi connectivity index (χ1v) is 14.1. The number of carbonyl (C=O) groups is 1. The van der Waals surface area contributed by atoms with Gasteiger partial charge in [0, 0.05) is 49.4 Å². The smallest absolute Gasteiger partial charge is 0.264 e. The quantitative estimate of drug-likeness (QED) is 0.537. The molecular weight excluding hydrogens is 494 g/mol. The van der Waals surface area contributed by atoms with Gasteiger partial charge in [-0.25, -0.2) is 9.67 Å². The molecule has 1 aromatic carbocycles. The molecule has 0 bridgehead atoms. The van der Waals surface area contributed by atoms with Crippen molar-refractivity contribution in [1.29, 1.82) is 0 Å². The summed E-state index contributed by atoms with van der Waals surface area (Å²) in [4.78, 5) is 37.3. The molecule has 39 heavy (non-hydrogen) atoms. The van der Waals surface area contributed by atoms with Gasteiger partial charge in [0.2, 0.25) is 5.91 Å². The number of anilines is 1. The van der Waals surface area contributed by atoms with E-state index in [0.29, 0.717) is 49.0 Å². The van der Waals surface area contributed by atoms with E-state index in [2.05, 4.69) is 52.9 Å². The molecule has 208 valence electrons. The van der Waals surface area contributed by atoms with E-state index >= 15 is 0 Å². The summed E-state index contributed by atoms with van der Waals surface area (Å²) in [5, 5.41) is 16.1. The summed E-state index contributed by atoms with van der Waals surface area (Å²) in [6.07, 6.45) is 5.83. The number of benzene rings is 1. The number of piperazine rings is 1. The van der Waals surface area contributed by atoms with Gasteiger partial charge >= 0.3 is 0 Å². The number of piperidine rings is 1. The molecule has 3 aliphatic rings. The Morgan fingerprint density at radius 3 is 2.26 bits per heavy atom. The van der Waals surface area contributed by atoms with Gasteiger partial charge in [0.1, 0.15) is 11.7 Å². The summed E-state index contributed by atoms with van der Waals surface area (Å²) < 4.78 is 3.17. The Labute approximate surface area is 228 Å². The molecular formula is C29H39N7O3. The van der Waals surface area contributed by atoms with Gasteiger partial charge in [0.25, 0.3) is 5.56 Å². The third-order valence-electron chi connectivity index (χ3n) is 9.34. The van der Waals surface area contributed by atoms with Crippen LogP contribution in [0.25, 0.3) is 16.7 Å². The average Bonchev–Trinajstić information content (AvgIpc) is 3.53. The zero-order chi connectivity index (χ0) is 27.5. The molecule has 0 spiro atoms. The molecule has 2 aromatic heterocycles. The van der Waals surface area contributed by atoms with Crippen LogP contribution < -0.4 is 10.5 Å². The normalized spacial score (nSPS) is 24.7. The van der Waals surface area contributed by atoms with Crippen LogP contribution in [0.4, 0.5) is 5.69 Å². The summed E-state index contributed by atoms with van der Waals surface area (Å²) >= 11 is 0. The monoisotopic (exact) mass is 533 g/mol. The van der Waals surface area contributed by atoms with E-state index in [1.54, 1.807) is 10.9 Å². The Hall–Kier alpha value is -3.24. The first kappa shape index (κ1) is 26.0. The van der Waals surface area contributed by atoms with Crippen LogP contribution in [0.3, 0.4) is 0 Å². The molecule has 0 radical (unpaired) electrons. The van der Waals surface area contributed by atoms with Crippen LogP contribution in [-0.4, -0.2) is 91.1 Å². The van der Waals surface area contributed by atoms with Crippen molar-refractivity contribution >= 4 is 22.6 Å². The minimum absolute atomic E-state index is 0.149. The summed E-state index contributed by atoms with van der Waals surface area (Å²) in [7, 11) is 2.18. The first-order valence-electron chi connectivity index (χ1n) is 14.1. The molecule has 2 atom stereocenters. The second-order valence-electron chi connectivity index (χ2n) is 12.3. The van der Waals surface area contributed by atoms with Crippen LogP contribution in [0.2, 0.25) is 0 Å². The van der Waals surface area contributed by atoms with Gasteiger partial charge in [-0.15, -0.1) is 0 Å². The number of hydrogen-bond donors (Lipinski definition) is 1. The molecule has 4 heterocycles. The average molecular weight is 534 g/mol. The lowest BCUT2D eigenvalue weighted by atomic mass is 9.90. The van der Waals surface area contributed by atoms with Crippen LogP contribution in [0.1, 0.15) is 46.5 Å². The number of rotatable bonds is 5. The predicted molar refractivity (Wildman–Crippen MR) is 150 cm³/mol. The minimum atomic E-state index is -1.05. The molecule has 10 nitrogen and oxygen atoms in total. The number of hydrogen-bond acceptors (Lipinski definition) is 7. The Morgan fingerprint density at radius 2 is 1.64 bits per heavy atom. The van der Waals surface area contributed by atoms with E-state index < -0.39 is 5.60 Å². The van der Waals surface area contributed by atoms with Crippen molar-refractivity contribution in [3.8, 4) is 5.69 Å². The van der Waals surface area contributed by atoms with Gasteiger partial charge in [0.05, 0.1) is 24.0 Å². The molecule has 0 unspecified atom stereocenters. The number of aromatic nitrogens is 4. The van der Waals surface area contributed by atoms with Crippen LogP contribution in [-0.2, 0) is 11.3 Å². The van der Waals surface area contributed by atoms with Crippen LogP contribution in [0.15, 0.2) is 41.6 Å². The third kappa shape index (κ3) is 4.74. The van der Waals surface area contributed by atoms with Crippen molar-refractivity contribution in [3.63, 3.8) is 0 Å². The largest absolute Gasteiger partial charge is 0.388 e. The van der Waals surface area contributed by atoms with Gasteiger partial charge in [-0.05, 0) is 70.8 Å². The summed E-state index contributed by atoms with van der Waals surface area (Å²) in [6.45, 7) is 9.64. The maximum atomic E-state index is 13.3. The summed E-state index contributed by atoms with van der Waals surface area (Å²) in [5.41, 5.74) is 1.03. The van der Waals surface area contributed by atoms with Crippen LogP contribution in [0, 0.1) is 5.41 Å². The summed E-state index contributed by atoms with van der Waals surface area (Å²) in [5.74, 6) is 0.192. The van der Waals surface area contributed by atoms with Crippen LogP contribution in [0.5, 0.6) is 0 Å². The highest BCUT2D eigenvalue weighted by Gasteiger charge is 2.48. The fourth-order valence-corrected chi connectivity index (χ4v) is 6.05. The lowest BCUT2D eigenvalue weighted by molar-refractivity contribution is -0.141. The van der Waals surface area contributed by atoms with Gasteiger partial charge in [-0.1, -0.05) is 6.92 Å². The Balaban J connectivity index is 1.17. The Bertz CT molecular complexity index is 1420. The van der Waals surface area contributed by atoms with Crippen molar-refractivity contribution in [3.05, 3.63) is 47.1 Å². The van der Waals surface area contributed by atoms with Crippen molar-refractivity contribution < 1.29 is 9.90 Å². The van der Waals surface area contributed by atoms with Gasteiger partial charge < -0.3 is 14.9 Å². The first-order chi connectivity index (χ1) is 18.6. The zero-order valence-corrected chi connectivity index (χ0v) is 23.4. The fraction of sp³-hybridized carbons (Fsp3) is 0.586. The Morgan fingerprint density at radius 1 is 1.03 bits per heavy atom.